The van der Waals surface area contributed by atoms with Crippen molar-refractivity contribution in [1.29, 1.82) is 0 Å². The SMILES string of the molecule is CCOc1cccc(-c2cc(=O)n(C)c3ccc(C(c4ccc(Cl)cc4)c4cncn4C)cc23)c1.O.O. The van der Waals surface area contributed by atoms with Crippen molar-refractivity contribution in [3.8, 4) is 16.9 Å². The molecule has 0 fully saturated rings. The number of fused-ring (bicyclic) bond motifs is 1. The summed E-state index contributed by atoms with van der Waals surface area (Å²) in [5.41, 5.74) is 5.93. The van der Waals surface area contributed by atoms with Gasteiger partial charge >= 0.3 is 0 Å². The molecule has 2 heterocycles. The predicted octanol–water partition coefficient (Wildman–Crippen LogP) is 4.52. The number of aromatic nitrogens is 3. The number of nitrogens with zero attached hydrogens (tertiary/aromatic N) is 3. The van der Waals surface area contributed by atoms with E-state index in [1.165, 1.54) is 0 Å². The van der Waals surface area contributed by atoms with E-state index in [2.05, 4.69) is 29.2 Å². The van der Waals surface area contributed by atoms with Gasteiger partial charge in [0.2, 0.25) is 0 Å². The van der Waals surface area contributed by atoms with E-state index < -0.39 is 0 Å². The van der Waals surface area contributed by atoms with Crippen LogP contribution >= 0.6 is 11.6 Å². The maximum absolute atomic E-state index is 12.8. The van der Waals surface area contributed by atoms with Crippen LogP contribution in [0.2, 0.25) is 5.02 Å². The van der Waals surface area contributed by atoms with Crippen molar-refractivity contribution in [3.05, 3.63) is 118 Å². The van der Waals surface area contributed by atoms with Crippen molar-refractivity contribution < 1.29 is 15.7 Å². The van der Waals surface area contributed by atoms with E-state index in [-0.39, 0.29) is 22.4 Å². The number of rotatable bonds is 6. The van der Waals surface area contributed by atoms with Crippen LogP contribution in [0.25, 0.3) is 22.0 Å². The summed E-state index contributed by atoms with van der Waals surface area (Å²) in [5.74, 6) is 0.730. The van der Waals surface area contributed by atoms with Gasteiger partial charge in [-0.25, -0.2) is 4.98 Å². The molecule has 192 valence electrons. The van der Waals surface area contributed by atoms with Gasteiger partial charge in [-0.1, -0.05) is 41.9 Å². The quantitative estimate of drug-likeness (QED) is 0.328. The molecule has 0 spiro atoms. The van der Waals surface area contributed by atoms with E-state index in [9.17, 15) is 4.79 Å². The minimum absolute atomic E-state index is 0. The molecule has 1 atom stereocenters. The third-order valence-electron chi connectivity index (χ3n) is 6.41. The van der Waals surface area contributed by atoms with E-state index >= 15 is 0 Å². The zero-order valence-corrected chi connectivity index (χ0v) is 21.7. The van der Waals surface area contributed by atoms with Crippen LogP contribution in [0.3, 0.4) is 0 Å². The minimum Gasteiger partial charge on any atom is -0.494 e. The van der Waals surface area contributed by atoms with Crippen molar-refractivity contribution in [2.75, 3.05) is 6.61 Å². The number of imidazole rings is 1. The van der Waals surface area contributed by atoms with Gasteiger partial charge < -0.3 is 24.8 Å². The van der Waals surface area contributed by atoms with E-state index in [0.717, 1.165) is 44.6 Å². The Kier molecular flexibility index (Phi) is 8.55. The fourth-order valence-corrected chi connectivity index (χ4v) is 4.78. The number of benzene rings is 3. The van der Waals surface area contributed by atoms with E-state index in [1.807, 2.05) is 80.6 Å². The highest BCUT2D eigenvalue weighted by Gasteiger charge is 2.21. The van der Waals surface area contributed by atoms with Crippen molar-refractivity contribution in [2.45, 2.75) is 12.8 Å². The van der Waals surface area contributed by atoms with Gasteiger partial charge in [0.15, 0.2) is 0 Å². The molecular weight excluding hydrogens is 490 g/mol. The molecule has 5 rings (SSSR count). The average molecular weight is 520 g/mol. The molecule has 0 aliphatic carbocycles. The zero-order chi connectivity index (χ0) is 24.5. The maximum atomic E-state index is 12.8. The van der Waals surface area contributed by atoms with Gasteiger partial charge in [-0.3, -0.25) is 4.79 Å². The molecule has 1 unspecified atom stereocenters. The van der Waals surface area contributed by atoms with Gasteiger partial charge in [0.1, 0.15) is 5.75 Å². The predicted molar refractivity (Wildman–Crippen MR) is 149 cm³/mol. The highest BCUT2D eigenvalue weighted by Crippen LogP contribution is 2.36. The minimum atomic E-state index is -0.0528. The van der Waals surface area contributed by atoms with Crippen molar-refractivity contribution >= 4 is 22.5 Å². The largest absolute Gasteiger partial charge is 0.494 e. The van der Waals surface area contributed by atoms with Crippen molar-refractivity contribution in [3.63, 3.8) is 0 Å². The lowest BCUT2D eigenvalue weighted by Crippen LogP contribution is -2.16. The summed E-state index contributed by atoms with van der Waals surface area (Å²) in [5, 5.41) is 1.70. The Morgan fingerprint density at radius 3 is 2.35 bits per heavy atom. The summed E-state index contributed by atoms with van der Waals surface area (Å²) in [6, 6.07) is 23.8. The smallest absolute Gasteiger partial charge is 0.251 e. The molecular formula is C29H30ClN3O4. The average Bonchev–Trinajstić information content (AvgIpc) is 3.28. The molecule has 0 aliphatic heterocycles. The molecule has 37 heavy (non-hydrogen) atoms. The Hall–Kier alpha value is -3.91. The lowest BCUT2D eigenvalue weighted by Gasteiger charge is -2.21. The van der Waals surface area contributed by atoms with Gasteiger partial charge in [-0.2, -0.15) is 0 Å². The molecule has 3 aromatic carbocycles. The summed E-state index contributed by atoms with van der Waals surface area (Å²) < 4.78 is 9.45. The van der Waals surface area contributed by atoms with Gasteiger partial charge in [-0.05, 0) is 65.6 Å². The molecule has 0 aliphatic rings. The fourth-order valence-electron chi connectivity index (χ4n) is 4.65. The molecule has 8 heteroatoms. The Bertz CT molecular complexity index is 1570. The second-order valence-electron chi connectivity index (χ2n) is 8.61. The second-order valence-corrected chi connectivity index (χ2v) is 9.04. The molecule has 0 amide bonds. The van der Waals surface area contributed by atoms with Crippen LogP contribution in [0.1, 0.15) is 29.7 Å². The van der Waals surface area contributed by atoms with Crippen molar-refractivity contribution in [1.82, 2.24) is 14.1 Å². The first-order chi connectivity index (χ1) is 17.0. The van der Waals surface area contributed by atoms with E-state index in [4.69, 9.17) is 16.3 Å². The summed E-state index contributed by atoms with van der Waals surface area (Å²) in [7, 11) is 3.81. The van der Waals surface area contributed by atoms with Crippen LogP contribution in [0, 0.1) is 0 Å². The van der Waals surface area contributed by atoms with Gasteiger partial charge in [0, 0.05) is 42.5 Å². The highest BCUT2D eigenvalue weighted by atomic mass is 35.5. The first-order valence-corrected chi connectivity index (χ1v) is 11.9. The highest BCUT2D eigenvalue weighted by molar-refractivity contribution is 6.30. The van der Waals surface area contributed by atoms with Crippen LogP contribution in [0.15, 0.2) is 90.1 Å². The topological polar surface area (TPSA) is 112 Å². The molecule has 0 saturated heterocycles. The lowest BCUT2D eigenvalue weighted by atomic mass is 9.87. The summed E-state index contributed by atoms with van der Waals surface area (Å²) in [4.78, 5) is 17.2. The third-order valence-corrected chi connectivity index (χ3v) is 6.66. The van der Waals surface area contributed by atoms with Crippen LogP contribution in [-0.2, 0) is 14.1 Å². The Labute approximate surface area is 220 Å². The maximum Gasteiger partial charge on any atom is 0.251 e. The number of halogens is 1. The molecule has 0 radical (unpaired) electrons. The van der Waals surface area contributed by atoms with Gasteiger partial charge in [0.25, 0.3) is 5.56 Å². The monoisotopic (exact) mass is 519 g/mol. The number of hydrogen-bond acceptors (Lipinski definition) is 3. The normalized spacial score (nSPS) is 11.5. The molecule has 5 aromatic rings. The van der Waals surface area contributed by atoms with Crippen LogP contribution in [0.5, 0.6) is 5.75 Å². The molecule has 4 N–H and O–H groups in total. The van der Waals surface area contributed by atoms with Gasteiger partial charge in [0.05, 0.1) is 24.4 Å². The molecule has 2 aromatic heterocycles. The number of pyridine rings is 1. The third kappa shape index (κ3) is 5.29. The van der Waals surface area contributed by atoms with E-state index in [0.29, 0.717) is 11.6 Å². The lowest BCUT2D eigenvalue weighted by molar-refractivity contribution is 0.340. The summed E-state index contributed by atoms with van der Waals surface area (Å²) in [6.07, 6.45) is 3.71. The first kappa shape index (κ1) is 27.7. The van der Waals surface area contributed by atoms with Crippen molar-refractivity contribution in [2.24, 2.45) is 14.1 Å². The standard InChI is InChI=1S/C29H26ClN3O2.2H2O/c1-4-35-23-7-5-6-20(14-23)24-16-28(34)33(3)26-13-10-21(15-25(24)26)29(27-17-31-18-32(27)2)19-8-11-22(30)12-9-19;;/h5-18,29H,4H2,1-3H3;2*1H2. The zero-order valence-electron chi connectivity index (χ0n) is 20.9. The Balaban J connectivity index is 0.00000190. The Morgan fingerprint density at radius 1 is 0.946 bits per heavy atom. The molecule has 0 saturated carbocycles. The number of ether oxygens (including phenoxy) is 1. The second kappa shape index (κ2) is 11.4. The fraction of sp³-hybridized carbons (Fsp3) is 0.172. The van der Waals surface area contributed by atoms with Crippen LogP contribution < -0.4 is 10.3 Å². The van der Waals surface area contributed by atoms with Crippen LogP contribution in [-0.4, -0.2) is 31.7 Å². The first-order valence-electron chi connectivity index (χ1n) is 11.5. The Morgan fingerprint density at radius 2 is 1.68 bits per heavy atom. The molecule has 7 nitrogen and oxygen atoms in total. The van der Waals surface area contributed by atoms with Gasteiger partial charge in [-0.15, -0.1) is 0 Å². The van der Waals surface area contributed by atoms with E-state index in [1.54, 1.807) is 10.6 Å². The summed E-state index contributed by atoms with van der Waals surface area (Å²) in [6.45, 7) is 2.54. The molecule has 0 bridgehead atoms. The van der Waals surface area contributed by atoms with Crippen LogP contribution in [0.4, 0.5) is 0 Å². The summed E-state index contributed by atoms with van der Waals surface area (Å²) >= 11 is 6.19. The number of aryl methyl sites for hydroxylation is 2. The number of hydrogen-bond donors (Lipinski definition) is 0.